The Labute approximate surface area is 157 Å². The van der Waals surface area contributed by atoms with Crippen molar-refractivity contribution in [2.45, 2.75) is 49.1 Å². The molecule has 6 unspecified atom stereocenters. The van der Waals surface area contributed by atoms with Crippen LogP contribution in [0.25, 0.3) is 0 Å². The monoisotopic (exact) mass is 437 g/mol. The van der Waals surface area contributed by atoms with Gasteiger partial charge in [0.05, 0.1) is 6.61 Å². The van der Waals surface area contributed by atoms with Gasteiger partial charge in [-0.15, -0.1) is 0 Å². The Hall–Kier alpha value is -0.320. The number of hydrogen-bond acceptors (Lipinski definition) is 11. The third-order valence-electron chi connectivity index (χ3n) is 3.41. The number of hydrogen-bond donors (Lipinski definition) is 5. The maximum Gasteiger partial charge on any atom is 0.466 e. The van der Waals surface area contributed by atoms with Crippen LogP contribution < -0.4 is 0 Å². The number of thioether (sulfide) groups is 1. The van der Waals surface area contributed by atoms with Crippen molar-refractivity contribution in [2.75, 3.05) is 18.6 Å². The van der Waals surface area contributed by atoms with E-state index in [9.17, 15) is 27.9 Å². The molecule has 1 rings (SSSR count). The van der Waals surface area contributed by atoms with Crippen LogP contribution >= 0.6 is 11.8 Å². The minimum absolute atomic E-state index is 0.0221. The highest BCUT2D eigenvalue weighted by Crippen LogP contribution is 2.30. The van der Waals surface area contributed by atoms with E-state index in [2.05, 4.69) is 9.44 Å². The average molecular weight is 438 g/mol. The van der Waals surface area contributed by atoms with Crippen LogP contribution in [0.3, 0.4) is 0 Å². The first-order valence-corrected chi connectivity index (χ1v) is 11.5. The number of ether oxygens (including phenoxy) is 1. The van der Waals surface area contributed by atoms with E-state index in [0.717, 1.165) is 11.8 Å². The molecule has 0 radical (unpaired) electrons. The molecule has 154 valence electrons. The normalized spacial score (nSPS) is 31.6. The Balaban J connectivity index is 2.80. The minimum atomic E-state index is -4.83. The van der Waals surface area contributed by atoms with Crippen molar-refractivity contribution >= 4 is 38.0 Å². The summed E-state index contributed by atoms with van der Waals surface area (Å²) in [4.78, 5) is 0. The molecule has 0 bridgehead atoms. The molecule has 5 N–H and O–H groups in total. The lowest BCUT2D eigenvalue weighted by molar-refractivity contribution is -0.205. The molecule has 0 aromatic heterocycles. The lowest BCUT2D eigenvalue weighted by Gasteiger charge is -2.39. The van der Waals surface area contributed by atoms with Crippen molar-refractivity contribution in [3.8, 4) is 0 Å². The minimum Gasteiger partial charge on any atom is -0.394 e. The van der Waals surface area contributed by atoms with Gasteiger partial charge < -0.3 is 25.2 Å². The van der Waals surface area contributed by atoms with Crippen molar-refractivity contribution in [2.24, 2.45) is 5.16 Å². The number of aliphatic hydroxyl groups is 4. The van der Waals surface area contributed by atoms with Crippen molar-refractivity contribution in [3.05, 3.63) is 0 Å². The molecule has 11 nitrogen and oxygen atoms in total. The average Bonchev–Trinajstić information content (AvgIpc) is 2.55. The molecule has 1 aliphatic rings. The summed E-state index contributed by atoms with van der Waals surface area (Å²) in [6, 6.07) is 0. The first kappa shape index (κ1) is 23.7. The standard InChI is InChI=1S/C12H23NO10S3/c1-25(18)5-3-2-4-8(13-23-26(19,20)21)24-12-11(17)10(16)9(15)7(6-14)22-12/h7,9-12,14-17H,2-6H2,1H3,(H,19,20,21)/b13-8-. The Morgan fingerprint density at radius 2 is 1.88 bits per heavy atom. The van der Waals surface area contributed by atoms with E-state index in [4.69, 9.17) is 14.4 Å². The molecular formula is C12H23NO10S3. The third-order valence-corrected chi connectivity index (χ3v) is 5.71. The predicted octanol–water partition coefficient (Wildman–Crippen LogP) is -1.80. The fraction of sp³-hybridized carbons (Fsp3) is 0.917. The van der Waals surface area contributed by atoms with E-state index in [-0.39, 0.29) is 11.5 Å². The molecule has 1 heterocycles. The Morgan fingerprint density at radius 1 is 1.23 bits per heavy atom. The number of aliphatic hydroxyl groups excluding tert-OH is 4. The van der Waals surface area contributed by atoms with Gasteiger partial charge in [-0.25, -0.2) is 4.28 Å². The first-order valence-electron chi connectivity index (χ1n) is 7.55. The summed E-state index contributed by atoms with van der Waals surface area (Å²) in [6.45, 7) is -0.613. The van der Waals surface area contributed by atoms with Crippen LogP contribution in [0.2, 0.25) is 0 Å². The zero-order chi connectivity index (χ0) is 19.9. The molecular weight excluding hydrogens is 414 g/mol. The molecule has 0 spiro atoms. The zero-order valence-electron chi connectivity index (χ0n) is 13.9. The number of oxime groups is 1. The SMILES string of the molecule is CS(=O)CCCC/C(=N/OS(=O)(=O)O)SC1OC(CO)C(O)C(O)C1O. The smallest absolute Gasteiger partial charge is 0.394 e. The fourth-order valence-corrected chi connectivity index (χ4v) is 4.05. The lowest BCUT2D eigenvalue weighted by Crippen LogP contribution is -2.57. The van der Waals surface area contributed by atoms with Gasteiger partial charge in [-0.05, 0) is 19.3 Å². The van der Waals surface area contributed by atoms with Gasteiger partial charge >= 0.3 is 10.4 Å². The predicted molar refractivity (Wildman–Crippen MR) is 94.2 cm³/mol. The van der Waals surface area contributed by atoms with Gasteiger partial charge in [-0.3, -0.25) is 8.76 Å². The summed E-state index contributed by atoms with van der Waals surface area (Å²) in [5, 5.41) is 42.0. The van der Waals surface area contributed by atoms with E-state index >= 15 is 0 Å². The van der Waals surface area contributed by atoms with Crippen LogP contribution in [0, 0.1) is 0 Å². The molecule has 0 aromatic rings. The third kappa shape index (κ3) is 8.14. The highest BCUT2D eigenvalue weighted by atomic mass is 32.3. The van der Waals surface area contributed by atoms with Crippen LogP contribution in [0.4, 0.5) is 0 Å². The largest absolute Gasteiger partial charge is 0.466 e. The molecule has 14 heteroatoms. The summed E-state index contributed by atoms with van der Waals surface area (Å²) in [7, 11) is -5.83. The van der Waals surface area contributed by atoms with Crippen molar-refractivity contribution < 1.29 is 46.6 Å². The van der Waals surface area contributed by atoms with Crippen molar-refractivity contribution in [3.63, 3.8) is 0 Å². The molecule has 0 saturated carbocycles. The van der Waals surface area contributed by atoms with E-state index in [1.165, 1.54) is 0 Å². The molecule has 1 aliphatic heterocycles. The Kier molecular flexibility index (Phi) is 9.92. The molecule has 0 aliphatic carbocycles. The van der Waals surface area contributed by atoms with Crippen LogP contribution in [0.1, 0.15) is 19.3 Å². The van der Waals surface area contributed by atoms with Gasteiger partial charge in [0.15, 0.2) is 0 Å². The lowest BCUT2D eigenvalue weighted by atomic mass is 10.0. The number of unbranched alkanes of at least 4 members (excludes halogenated alkanes) is 1. The highest BCUT2D eigenvalue weighted by Gasteiger charge is 2.44. The molecule has 1 saturated heterocycles. The second kappa shape index (κ2) is 10.9. The summed E-state index contributed by atoms with van der Waals surface area (Å²) < 4.78 is 50.4. The summed E-state index contributed by atoms with van der Waals surface area (Å²) in [5.74, 6) is 0.428. The quantitative estimate of drug-likeness (QED) is 0.0901. The highest BCUT2D eigenvalue weighted by molar-refractivity contribution is 8.14. The van der Waals surface area contributed by atoms with Gasteiger partial charge in [-0.1, -0.05) is 16.9 Å². The van der Waals surface area contributed by atoms with Gasteiger partial charge in [0.1, 0.15) is 34.9 Å². The van der Waals surface area contributed by atoms with Crippen LogP contribution in [-0.4, -0.2) is 91.1 Å². The molecule has 1 fully saturated rings. The van der Waals surface area contributed by atoms with E-state index < -0.39 is 57.7 Å². The number of nitrogens with zero attached hydrogens (tertiary/aromatic N) is 1. The molecule has 26 heavy (non-hydrogen) atoms. The summed E-state index contributed by atoms with van der Waals surface area (Å²) in [6.07, 6.45) is -3.09. The second-order valence-corrected chi connectivity index (χ2v) is 9.27. The summed E-state index contributed by atoms with van der Waals surface area (Å²) in [5.41, 5.74) is -1.17. The van der Waals surface area contributed by atoms with Crippen molar-refractivity contribution in [1.29, 1.82) is 0 Å². The van der Waals surface area contributed by atoms with Gasteiger partial charge in [0.2, 0.25) is 0 Å². The molecule has 0 amide bonds. The van der Waals surface area contributed by atoms with Gasteiger partial charge in [0.25, 0.3) is 0 Å². The number of rotatable bonds is 9. The maximum absolute atomic E-state index is 11.1. The van der Waals surface area contributed by atoms with Gasteiger partial charge in [0, 0.05) is 22.8 Å². The topological polar surface area (TPSA) is 183 Å². The summed E-state index contributed by atoms with van der Waals surface area (Å²) >= 11 is 0.717. The Morgan fingerprint density at radius 3 is 2.42 bits per heavy atom. The van der Waals surface area contributed by atoms with Crippen LogP contribution in [0.5, 0.6) is 0 Å². The van der Waals surface area contributed by atoms with E-state index in [1.54, 1.807) is 6.26 Å². The van der Waals surface area contributed by atoms with E-state index in [0.29, 0.717) is 18.6 Å². The van der Waals surface area contributed by atoms with E-state index in [1.807, 2.05) is 0 Å². The molecule has 0 aromatic carbocycles. The van der Waals surface area contributed by atoms with Crippen LogP contribution in [-0.2, 0) is 30.2 Å². The Bertz CT molecular complexity index is 596. The van der Waals surface area contributed by atoms with Crippen molar-refractivity contribution in [1.82, 2.24) is 0 Å². The fourth-order valence-electron chi connectivity index (χ4n) is 2.10. The maximum atomic E-state index is 11.1. The van der Waals surface area contributed by atoms with Crippen LogP contribution in [0.15, 0.2) is 5.16 Å². The zero-order valence-corrected chi connectivity index (χ0v) is 16.3. The molecule has 6 atom stereocenters. The van der Waals surface area contributed by atoms with Gasteiger partial charge in [-0.2, -0.15) is 8.42 Å². The first-order chi connectivity index (χ1) is 12.0. The second-order valence-electron chi connectivity index (χ2n) is 5.54.